The van der Waals surface area contributed by atoms with E-state index in [1.807, 2.05) is 0 Å². The lowest BCUT2D eigenvalue weighted by Gasteiger charge is -2.27. The molecule has 1 aliphatic rings. The Morgan fingerprint density at radius 2 is 1.91 bits per heavy atom. The van der Waals surface area contributed by atoms with E-state index in [0.29, 0.717) is 41.5 Å². The summed E-state index contributed by atoms with van der Waals surface area (Å²) >= 11 is 0.305. The molecule has 8 nitrogen and oxygen atoms in total. The molecule has 0 amide bonds. The van der Waals surface area contributed by atoms with Gasteiger partial charge < -0.3 is 19.1 Å². The Bertz CT molecular complexity index is 1830. The standard InChI is InChI=1S/C29H21F5N4O4S/c30-20-12-19(22-2-1-3-27(36-22)42-14-17-11-25(43-37-17)29(32,33)34)21(31)8-16(20)10-26-35-23-5-4-15(28(39)40)9-24(23)38(26)13-18-6-7-41-18/h1-5,8-9,11-12,18H,6-7,10,13-14H2,(H,39,40)/t18-/m0/s1. The summed E-state index contributed by atoms with van der Waals surface area (Å²) < 4.78 is 85.7. The Morgan fingerprint density at radius 1 is 1.09 bits per heavy atom. The number of halogens is 5. The molecule has 0 bridgehead atoms. The number of carboxylic acid groups (broad SMARTS) is 1. The van der Waals surface area contributed by atoms with E-state index in [0.717, 1.165) is 24.6 Å². The average Bonchev–Trinajstić information content (AvgIpc) is 3.56. The van der Waals surface area contributed by atoms with E-state index in [1.54, 1.807) is 10.6 Å². The number of hydrogen-bond donors (Lipinski definition) is 1. The lowest BCUT2D eigenvalue weighted by molar-refractivity contribution is -0.134. The Balaban J connectivity index is 1.25. The minimum absolute atomic E-state index is 0.00407. The molecule has 43 heavy (non-hydrogen) atoms. The van der Waals surface area contributed by atoms with Gasteiger partial charge in [0.25, 0.3) is 0 Å². The molecule has 222 valence electrons. The average molecular weight is 617 g/mol. The van der Waals surface area contributed by atoms with Crippen molar-refractivity contribution in [1.82, 2.24) is 18.9 Å². The number of rotatable bonds is 9. The van der Waals surface area contributed by atoms with E-state index in [4.69, 9.17) is 9.47 Å². The maximum atomic E-state index is 15.4. The summed E-state index contributed by atoms with van der Waals surface area (Å²) in [5, 5.41) is 9.43. The van der Waals surface area contributed by atoms with Gasteiger partial charge in [0.1, 0.15) is 28.9 Å². The fourth-order valence-corrected chi connectivity index (χ4v) is 5.29. The molecule has 0 saturated carbocycles. The van der Waals surface area contributed by atoms with Crippen LogP contribution in [0.25, 0.3) is 22.3 Å². The van der Waals surface area contributed by atoms with Crippen LogP contribution in [0.4, 0.5) is 22.0 Å². The summed E-state index contributed by atoms with van der Waals surface area (Å²) in [4.78, 5) is 19.4. The number of ether oxygens (including phenoxy) is 2. The van der Waals surface area contributed by atoms with Crippen molar-refractivity contribution in [2.75, 3.05) is 6.61 Å². The monoisotopic (exact) mass is 616 g/mol. The van der Waals surface area contributed by atoms with Gasteiger partial charge in [-0.05, 0) is 66.0 Å². The van der Waals surface area contributed by atoms with E-state index in [9.17, 15) is 23.1 Å². The van der Waals surface area contributed by atoms with Gasteiger partial charge >= 0.3 is 12.1 Å². The molecule has 0 radical (unpaired) electrons. The Kier molecular flexibility index (Phi) is 7.56. The first-order valence-electron chi connectivity index (χ1n) is 13.0. The normalized spacial score (nSPS) is 15.0. The minimum Gasteiger partial charge on any atom is -0.478 e. The number of aromatic carboxylic acids is 1. The summed E-state index contributed by atoms with van der Waals surface area (Å²) in [6.07, 6.45) is -3.87. The fraction of sp³-hybridized carbons (Fsp3) is 0.241. The van der Waals surface area contributed by atoms with Crippen molar-refractivity contribution >= 4 is 28.5 Å². The number of nitrogens with zero attached hydrogens (tertiary/aromatic N) is 4. The molecule has 4 heterocycles. The topological polar surface area (TPSA) is 99.4 Å². The number of pyridine rings is 1. The van der Waals surface area contributed by atoms with Gasteiger partial charge in [-0.15, -0.1) is 0 Å². The third-order valence-corrected chi connectivity index (χ3v) is 7.82. The number of carbonyl (C=O) groups is 1. The molecule has 5 aromatic rings. The van der Waals surface area contributed by atoms with Crippen molar-refractivity contribution in [2.45, 2.75) is 38.3 Å². The molecule has 1 aliphatic heterocycles. The van der Waals surface area contributed by atoms with E-state index < -0.39 is 28.7 Å². The van der Waals surface area contributed by atoms with E-state index in [1.165, 1.54) is 30.3 Å². The highest BCUT2D eigenvalue weighted by Crippen LogP contribution is 2.33. The second-order valence-corrected chi connectivity index (χ2v) is 10.7. The SMILES string of the molecule is O=C(O)c1ccc2nc(Cc3cc(F)c(-c4cccc(OCc5cc(C(F)(F)F)sn5)n4)cc3F)n(C[C@@H]3CCO3)c2c1. The van der Waals surface area contributed by atoms with E-state index >= 15 is 8.78 Å². The zero-order valence-electron chi connectivity index (χ0n) is 22.1. The summed E-state index contributed by atoms with van der Waals surface area (Å²) in [7, 11) is 0. The highest BCUT2D eigenvalue weighted by atomic mass is 32.1. The molecule has 1 saturated heterocycles. The van der Waals surface area contributed by atoms with Crippen LogP contribution in [0.1, 0.15) is 38.7 Å². The lowest BCUT2D eigenvalue weighted by Crippen LogP contribution is -2.31. The van der Waals surface area contributed by atoms with Crippen molar-refractivity contribution in [3.05, 3.63) is 93.8 Å². The van der Waals surface area contributed by atoms with Crippen LogP contribution in [-0.4, -0.2) is 42.7 Å². The zero-order valence-corrected chi connectivity index (χ0v) is 22.9. The van der Waals surface area contributed by atoms with Gasteiger partial charge in [0.2, 0.25) is 5.88 Å². The Hall–Kier alpha value is -4.43. The number of fused-ring (bicyclic) bond motifs is 1. The van der Waals surface area contributed by atoms with Gasteiger partial charge in [-0.2, -0.15) is 17.5 Å². The fourth-order valence-electron chi connectivity index (χ4n) is 4.67. The van der Waals surface area contributed by atoms with Crippen molar-refractivity contribution < 1.29 is 41.3 Å². The van der Waals surface area contributed by atoms with Gasteiger partial charge in [0.05, 0.1) is 40.6 Å². The first-order valence-corrected chi connectivity index (χ1v) is 13.8. The predicted molar refractivity (Wildman–Crippen MR) is 145 cm³/mol. The molecule has 0 aliphatic carbocycles. The Morgan fingerprint density at radius 3 is 2.60 bits per heavy atom. The van der Waals surface area contributed by atoms with E-state index in [-0.39, 0.29) is 53.1 Å². The minimum atomic E-state index is -4.51. The van der Waals surface area contributed by atoms with Gasteiger partial charge in [-0.3, -0.25) is 0 Å². The predicted octanol–water partition coefficient (Wildman–Crippen LogP) is 6.51. The number of benzene rings is 2. The number of hydrogen-bond acceptors (Lipinski definition) is 7. The van der Waals surface area contributed by atoms with Crippen molar-refractivity contribution in [3.8, 4) is 17.1 Å². The molecule has 2 aromatic carbocycles. The third kappa shape index (κ3) is 6.06. The number of alkyl halides is 3. The first kappa shape index (κ1) is 28.7. The number of imidazole rings is 1. The molecular formula is C29H21F5N4O4S. The largest absolute Gasteiger partial charge is 0.478 e. The summed E-state index contributed by atoms with van der Waals surface area (Å²) in [6, 6.07) is 11.8. The summed E-state index contributed by atoms with van der Waals surface area (Å²) in [6.45, 7) is 0.699. The van der Waals surface area contributed by atoms with Crippen LogP contribution in [0.3, 0.4) is 0 Å². The van der Waals surface area contributed by atoms with Gasteiger partial charge in [0.15, 0.2) is 0 Å². The van der Waals surface area contributed by atoms with Crippen LogP contribution in [0, 0.1) is 11.6 Å². The molecule has 1 fully saturated rings. The van der Waals surface area contributed by atoms with Crippen molar-refractivity contribution in [1.29, 1.82) is 0 Å². The molecule has 14 heteroatoms. The maximum absolute atomic E-state index is 15.4. The van der Waals surface area contributed by atoms with Gasteiger partial charge in [-0.1, -0.05) is 6.07 Å². The summed E-state index contributed by atoms with van der Waals surface area (Å²) in [5.41, 5.74) is 1.16. The molecular weight excluding hydrogens is 595 g/mol. The van der Waals surface area contributed by atoms with Crippen LogP contribution in [-0.2, 0) is 30.5 Å². The second kappa shape index (κ2) is 11.3. The van der Waals surface area contributed by atoms with Crippen molar-refractivity contribution in [2.24, 2.45) is 0 Å². The van der Waals surface area contributed by atoms with E-state index in [2.05, 4.69) is 14.3 Å². The molecule has 3 aromatic heterocycles. The van der Waals surface area contributed by atoms with Crippen LogP contribution < -0.4 is 4.74 Å². The lowest BCUT2D eigenvalue weighted by atomic mass is 10.0. The third-order valence-electron chi connectivity index (χ3n) is 6.94. The summed E-state index contributed by atoms with van der Waals surface area (Å²) in [5.74, 6) is -2.15. The van der Waals surface area contributed by atoms with Crippen LogP contribution in [0.2, 0.25) is 0 Å². The van der Waals surface area contributed by atoms with Gasteiger partial charge in [-0.25, -0.2) is 23.5 Å². The molecule has 0 spiro atoms. The highest BCUT2D eigenvalue weighted by molar-refractivity contribution is 7.05. The smallest absolute Gasteiger partial charge is 0.427 e. The molecule has 1 atom stereocenters. The number of carboxylic acids is 1. The molecule has 1 N–H and O–H groups in total. The van der Waals surface area contributed by atoms with Crippen LogP contribution in [0.5, 0.6) is 5.88 Å². The quantitative estimate of drug-likeness (QED) is 0.189. The van der Waals surface area contributed by atoms with Crippen LogP contribution >= 0.6 is 11.5 Å². The maximum Gasteiger partial charge on any atom is 0.427 e. The second-order valence-electron chi connectivity index (χ2n) is 9.86. The molecule has 6 rings (SSSR count). The zero-order chi connectivity index (χ0) is 30.3. The first-order chi connectivity index (χ1) is 20.5. The Labute approximate surface area is 244 Å². The number of aromatic nitrogens is 4. The van der Waals surface area contributed by atoms with Gasteiger partial charge in [0, 0.05) is 24.7 Å². The highest BCUT2D eigenvalue weighted by Gasteiger charge is 2.33. The van der Waals surface area contributed by atoms with Crippen LogP contribution in [0.15, 0.2) is 54.6 Å². The molecule has 0 unspecified atom stereocenters. The van der Waals surface area contributed by atoms with Crippen molar-refractivity contribution in [3.63, 3.8) is 0 Å².